The van der Waals surface area contributed by atoms with E-state index in [1.54, 1.807) is 0 Å². The molecule has 1 atom stereocenters. The molecule has 1 fully saturated rings. The Balaban J connectivity index is 2.05. The van der Waals surface area contributed by atoms with Crippen molar-refractivity contribution in [3.05, 3.63) is 34.3 Å². The van der Waals surface area contributed by atoms with Gasteiger partial charge in [0.15, 0.2) is 0 Å². The van der Waals surface area contributed by atoms with Crippen LogP contribution >= 0.6 is 15.9 Å². The average molecular weight is 283 g/mol. The summed E-state index contributed by atoms with van der Waals surface area (Å²) in [6, 6.07) is 7.41. The molecule has 1 heterocycles. The highest BCUT2D eigenvalue weighted by atomic mass is 79.9. The van der Waals surface area contributed by atoms with E-state index in [2.05, 4.69) is 33.5 Å². The van der Waals surface area contributed by atoms with Gasteiger partial charge in [-0.3, -0.25) is 4.79 Å². The van der Waals surface area contributed by atoms with Crippen LogP contribution in [-0.4, -0.2) is 24.5 Å². The molecule has 4 heteroatoms. The first-order valence-electron chi connectivity index (χ1n) is 5.38. The Morgan fingerprint density at radius 3 is 2.69 bits per heavy atom. The Morgan fingerprint density at radius 1 is 1.44 bits per heavy atom. The van der Waals surface area contributed by atoms with E-state index in [9.17, 15) is 4.79 Å². The molecule has 2 N–H and O–H groups in total. The van der Waals surface area contributed by atoms with Crippen molar-refractivity contribution in [2.45, 2.75) is 18.9 Å². The zero-order chi connectivity index (χ0) is 11.6. The van der Waals surface area contributed by atoms with Crippen LogP contribution in [0.25, 0.3) is 0 Å². The highest BCUT2D eigenvalue weighted by Gasteiger charge is 2.30. The lowest BCUT2D eigenvalue weighted by Crippen LogP contribution is -2.47. The SMILES string of the molecule is CC1(NC(=O)c2ccc(Br)cc2)CCNC1. The first-order valence-corrected chi connectivity index (χ1v) is 6.17. The first-order chi connectivity index (χ1) is 7.59. The Morgan fingerprint density at radius 2 is 2.12 bits per heavy atom. The van der Waals surface area contributed by atoms with Crippen LogP contribution in [0.1, 0.15) is 23.7 Å². The molecule has 0 aromatic heterocycles. The molecule has 1 saturated heterocycles. The van der Waals surface area contributed by atoms with Crippen LogP contribution in [0.3, 0.4) is 0 Å². The fourth-order valence-electron chi connectivity index (χ4n) is 1.87. The summed E-state index contributed by atoms with van der Waals surface area (Å²) in [5.74, 6) is -0.00120. The van der Waals surface area contributed by atoms with E-state index in [0.29, 0.717) is 5.56 Å². The Labute approximate surface area is 104 Å². The van der Waals surface area contributed by atoms with Crippen molar-refractivity contribution in [2.75, 3.05) is 13.1 Å². The first kappa shape index (κ1) is 11.6. The lowest BCUT2D eigenvalue weighted by atomic mass is 10.0. The normalized spacial score (nSPS) is 24.4. The lowest BCUT2D eigenvalue weighted by molar-refractivity contribution is 0.0913. The summed E-state index contributed by atoms with van der Waals surface area (Å²) in [6.45, 7) is 3.89. The van der Waals surface area contributed by atoms with Gasteiger partial charge >= 0.3 is 0 Å². The highest BCUT2D eigenvalue weighted by molar-refractivity contribution is 9.10. The monoisotopic (exact) mass is 282 g/mol. The third kappa shape index (κ3) is 2.62. The van der Waals surface area contributed by atoms with Crippen LogP contribution in [-0.2, 0) is 0 Å². The molecular formula is C12H15BrN2O. The molecule has 0 radical (unpaired) electrons. The van der Waals surface area contributed by atoms with Gasteiger partial charge in [-0.25, -0.2) is 0 Å². The van der Waals surface area contributed by atoms with E-state index in [4.69, 9.17) is 0 Å². The van der Waals surface area contributed by atoms with Crippen LogP contribution < -0.4 is 10.6 Å². The fraction of sp³-hybridized carbons (Fsp3) is 0.417. The molecule has 0 saturated carbocycles. The molecule has 1 amide bonds. The molecule has 16 heavy (non-hydrogen) atoms. The van der Waals surface area contributed by atoms with Crippen molar-refractivity contribution in [1.29, 1.82) is 0 Å². The minimum atomic E-state index is -0.107. The van der Waals surface area contributed by atoms with Gasteiger partial charge in [0.2, 0.25) is 0 Å². The molecule has 3 nitrogen and oxygen atoms in total. The van der Waals surface area contributed by atoms with Gasteiger partial charge in [0.25, 0.3) is 5.91 Å². The van der Waals surface area contributed by atoms with E-state index < -0.39 is 0 Å². The molecule has 0 bridgehead atoms. The third-order valence-corrected chi connectivity index (χ3v) is 3.42. The van der Waals surface area contributed by atoms with Gasteiger partial charge in [0.1, 0.15) is 0 Å². The van der Waals surface area contributed by atoms with E-state index in [-0.39, 0.29) is 11.4 Å². The summed E-state index contributed by atoms with van der Waals surface area (Å²) in [7, 11) is 0. The molecule has 1 unspecified atom stereocenters. The predicted octanol–water partition coefficient (Wildman–Crippen LogP) is 1.93. The van der Waals surface area contributed by atoms with Gasteiger partial charge in [0.05, 0.1) is 5.54 Å². The van der Waals surface area contributed by atoms with Crippen LogP contribution in [0.2, 0.25) is 0 Å². The number of amides is 1. The molecule has 0 spiro atoms. The smallest absolute Gasteiger partial charge is 0.251 e. The largest absolute Gasteiger partial charge is 0.346 e. The number of nitrogens with one attached hydrogen (secondary N) is 2. The second-order valence-electron chi connectivity index (χ2n) is 4.45. The second kappa shape index (κ2) is 4.55. The van der Waals surface area contributed by atoms with Crippen LogP contribution in [0, 0.1) is 0 Å². The molecule has 1 aliphatic heterocycles. The minimum Gasteiger partial charge on any atom is -0.346 e. The standard InChI is InChI=1S/C12H15BrN2O/c1-12(6-7-14-8-12)15-11(16)9-2-4-10(13)5-3-9/h2-5,14H,6-8H2,1H3,(H,15,16). The summed E-state index contributed by atoms with van der Waals surface area (Å²) in [6.07, 6.45) is 0.981. The number of halogens is 1. The quantitative estimate of drug-likeness (QED) is 0.870. The highest BCUT2D eigenvalue weighted by Crippen LogP contribution is 2.15. The summed E-state index contributed by atoms with van der Waals surface area (Å²) in [4.78, 5) is 12.0. The second-order valence-corrected chi connectivity index (χ2v) is 5.36. The van der Waals surface area contributed by atoms with Crippen molar-refractivity contribution in [1.82, 2.24) is 10.6 Å². The van der Waals surface area contributed by atoms with Crippen molar-refractivity contribution in [2.24, 2.45) is 0 Å². The van der Waals surface area contributed by atoms with Gasteiger partial charge in [-0.1, -0.05) is 15.9 Å². The molecule has 86 valence electrons. The number of hydrogen-bond donors (Lipinski definition) is 2. The molecule has 1 aromatic rings. The van der Waals surface area contributed by atoms with Crippen LogP contribution in [0.15, 0.2) is 28.7 Å². The summed E-state index contributed by atoms with van der Waals surface area (Å²) >= 11 is 3.35. The zero-order valence-electron chi connectivity index (χ0n) is 9.22. The molecule has 1 aliphatic rings. The molecule has 2 rings (SSSR count). The third-order valence-electron chi connectivity index (χ3n) is 2.89. The molecular weight excluding hydrogens is 268 g/mol. The van der Waals surface area contributed by atoms with Gasteiger partial charge < -0.3 is 10.6 Å². The maximum absolute atomic E-state index is 12.0. The minimum absolute atomic E-state index is 0.00120. The summed E-state index contributed by atoms with van der Waals surface area (Å²) in [5.41, 5.74) is 0.598. The topological polar surface area (TPSA) is 41.1 Å². The van der Waals surface area contributed by atoms with E-state index in [0.717, 1.165) is 24.0 Å². The average Bonchev–Trinajstić information content (AvgIpc) is 2.65. The zero-order valence-corrected chi connectivity index (χ0v) is 10.8. The van der Waals surface area contributed by atoms with Crippen molar-refractivity contribution >= 4 is 21.8 Å². The number of hydrogen-bond acceptors (Lipinski definition) is 2. The summed E-state index contributed by atoms with van der Waals surface area (Å²) < 4.78 is 0.984. The van der Waals surface area contributed by atoms with Gasteiger partial charge in [-0.05, 0) is 44.2 Å². The summed E-state index contributed by atoms with van der Waals surface area (Å²) in [5, 5.41) is 6.33. The van der Waals surface area contributed by atoms with Crippen molar-refractivity contribution in [3.63, 3.8) is 0 Å². The maximum Gasteiger partial charge on any atom is 0.251 e. The van der Waals surface area contributed by atoms with E-state index >= 15 is 0 Å². The molecule has 1 aromatic carbocycles. The Kier molecular flexibility index (Phi) is 3.30. The Bertz CT molecular complexity index is 383. The van der Waals surface area contributed by atoms with Gasteiger partial charge in [-0.15, -0.1) is 0 Å². The Hall–Kier alpha value is -0.870. The number of carbonyl (C=O) groups excluding carboxylic acids is 1. The number of benzene rings is 1. The van der Waals surface area contributed by atoms with Crippen LogP contribution in [0.4, 0.5) is 0 Å². The van der Waals surface area contributed by atoms with E-state index in [1.807, 2.05) is 24.3 Å². The van der Waals surface area contributed by atoms with Gasteiger partial charge in [0, 0.05) is 16.6 Å². The number of carbonyl (C=O) groups is 1. The van der Waals surface area contributed by atoms with Gasteiger partial charge in [-0.2, -0.15) is 0 Å². The fourth-order valence-corrected chi connectivity index (χ4v) is 2.14. The number of rotatable bonds is 2. The van der Waals surface area contributed by atoms with Crippen molar-refractivity contribution in [3.8, 4) is 0 Å². The lowest BCUT2D eigenvalue weighted by Gasteiger charge is -2.24. The molecule has 0 aliphatic carbocycles. The van der Waals surface area contributed by atoms with E-state index in [1.165, 1.54) is 0 Å². The maximum atomic E-state index is 12.0. The predicted molar refractivity (Wildman–Crippen MR) is 67.5 cm³/mol. The van der Waals surface area contributed by atoms with Crippen LogP contribution in [0.5, 0.6) is 0 Å². The van der Waals surface area contributed by atoms with Crippen molar-refractivity contribution < 1.29 is 4.79 Å².